The summed E-state index contributed by atoms with van der Waals surface area (Å²) in [6.45, 7) is 3.13. The number of hydrogen-bond acceptors (Lipinski definition) is 3. The molecule has 1 N–H and O–H groups in total. The molecule has 0 saturated heterocycles. The number of halogens is 2. The number of hydrogen-bond donors (Lipinski definition) is 1. The van der Waals surface area contributed by atoms with Crippen LogP contribution in [0.3, 0.4) is 0 Å². The van der Waals surface area contributed by atoms with Crippen LogP contribution in [0.25, 0.3) is 0 Å². The molecule has 0 aliphatic rings. The Morgan fingerprint density at radius 1 is 1.45 bits per heavy atom. The lowest BCUT2D eigenvalue weighted by molar-refractivity contribution is 0.493. The molecule has 0 fully saturated rings. The van der Waals surface area contributed by atoms with Gasteiger partial charge in [-0.3, -0.25) is 4.68 Å². The molecular formula is C14H19Cl2N3S. The van der Waals surface area contributed by atoms with Crippen LogP contribution in [0.5, 0.6) is 0 Å². The van der Waals surface area contributed by atoms with Crippen LogP contribution < -0.4 is 5.32 Å². The summed E-state index contributed by atoms with van der Waals surface area (Å²) in [5.41, 5.74) is 2.34. The standard InChI is InChI=1S/C14H19Cl2N3S/c1-3-7-17-12(11-9-13(15)20-14(11)16)5-4-10-6-8-18-19(10)2/h6,8-9,12,17H,3-5,7H2,1-2H3. The summed E-state index contributed by atoms with van der Waals surface area (Å²) in [5.74, 6) is 0. The minimum absolute atomic E-state index is 0.237. The molecule has 2 aromatic rings. The zero-order valence-electron chi connectivity index (χ0n) is 11.7. The molecule has 0 saturated carbocycles. The Kier molecular flexibility index (Phi) is 5.90. The smallest absolute Gasteiger partial charge is 0.0991 e. The third-order valence-electron chi connectivity index (χ3n) is 3.31. The van der Waals surface area contributed by atoms with E-state index < -0.39 is 0 Å². The molecule has 1 unspecified atom stereocenters. The van der Waals surface area contributed by atoms with Crippen LogP contribution in [-0.2, 0) is 13.5 Å². The summed E-state index contributed by atoms with van der Waals surface area (Å²) in [7, 11) is 1.97. The number of nitrogens with one attached hydrogen (secondary N) is 1. The first-order valence-corrected chi connectivity index (χ1v) is 8.34. The lowest BCUT2D eigenvalue weighted by atomic mass is 10.0. The van der Waals surface area contributed by atoms with E-state index in [-0.39, 0.29) is 6.04 Å². The van der Waals surface area contributed by atoms with Gasteiger partial charge in [0.05, 0.1) is 8.67 Å². The molecule has 110 valence electrons. The fraction of sp³-hybridized carbons (Fsp3) is 0.500. The molecule has 0 aliphatic carbocycles. The van der Waals surface area contributed by atoms with E-state index >= 15 is 0 Å². The molecule has 3 nitrogen and oxygen atoms in total. The van der Waals surface area contributed by atoms with Crippen LogP contribution in [0.2, 0.25) is 8.67 Å². The molecule has 0 aromatic carbocycles. The van der Waals surface area contributed by atoms with Crippen LogP contribution in [0, 0.1) is 0 Å². The minimum Gasteiger partial charge on any atom is -0.310 e. The summed E-state index contributed by atoms with van der Waals surface area (Å²) < 4.78 is 3.45. The first kappa shape index (κ1) is 15.8. The van der Waals surface area contributed by atoms with Gasteiger partial charge in [0.25, 0.3) is 0 Å². The van der Waals surface area contributed by atoms with Gasteiger partial charge in [-0.1, -0.05) is 30.1 Å². The molecule has 0 aliphatic heterocycles. The Bertz CT molecular complexity index is 550. The van der Waals surface area contributed by atoms with Gasteiger partial charge in [-0.05, 0) is 37.9 Å². The molecule has 2 rings (SSSR count). The summed E-state index contributed by atoms with van der Waals surface area (Å²) >= 11 is 13.8. The van der Waals surface area contributed by atoms with E-state index in [0.29, 0.717) is 0 Å². The molecule has 0 spiro atoms. The van der Waals surface area contributed by atoms with Crippen LogP contribution in [0.1, 0.15) is 37.1 Å². The van der Waals surface area contributed by atoms with Crippen molar-refractivity contribution in [2.75, 3.05) is 6.54 Å². The first-order valence-electron chi connectivity index (χ1n) is 6.76. The normalized spacial score (nSPS) is 12.8. The molecule has 2 heterocycles. The number of aryl methyl sites for hydroxylation is 2. The number of nitrogens with zero attached hydrogens (tertiary/aromatic N) is 2. The average molecular weight is 332 g/mol. The molecule has 0 bridgehead atoms. The highest BCUT2D eigenvalue weighted by molar-refractivity contribution is 7.20. The Morgan fingerprint density at radius 3 is 2.80 bits per heavy atom. The van der Waals surface area contributed by atoms with Crippen LogP contribution in [-0.4, -0.2) is 16.3 Å². The maximum absolute atomic E-state index is 6.29. The molecule has 20 heavy (non-hydrogen) atoms. The van der Waals surface area contributed by atoms with Crippen molar-refractivity contribution in [3.05, 3.63) is 38.3 Å². The second-order valence-corrected chi connectivity index (χ2v) is 7.06. The predicted molar refractivity (Wildman–Crippen MR) is 86.9 cm³/mol. The van der Waals surface area contributed by atoms with Crippen molar-refractivity contribution in [2.45, 2.75) is 32.2 Å². The lowest BCUT2D eigenvalue weighted by Gasteiger charge is -2.18. The summed E-state index contributed by atoms with van der Waals surface area (Å²) in [6.07, 6.45) is 4.87. The van der Waals surface area contributed by atoms with E-state index in [1.54, 1.807) is 0 Å². The second-order valence-electron chi connectivity index (χ2n) is 4.77. The van der Waals surface area contributed by atoms with E-state index in [1.165, 1.54) is 17.0 Å². The molecule has 0 radical (unpaired) electrons. The topological polar surface area (TPSA) is 29.9 Å². The van der Waals surface area contributed by atoms with Gasteiger partial charge in [-0.2, -0.15) is 5.10 Å². The molecule has 6 heteroatoms. The Morgan fingerprint density at radius 2 is 2.25 bits per heavy atom. The van der Waals surface area contributed by atoms with Gasteiger partial charge in [0.2, 0.25) is 0 Å². The minimum atomic E-state index is 0.237. The summed E-state index contributed by atoms with van der Waals surface area (Å²) in [4.78, 5) is 0. The molecule has 0 amide bonds. The Hall–Kier alpha value is -0.550. The van der Waals surface area contributed by atoms with Crippen molar-refractivity contribution in [3.8, 4) is 0 Å². The van der Waals surface area contributed by atoms with Crippen molar-refractivity contribution < 1.29 is 0 Å². The average Bonchev–Trinajstić information content (AvgIpc) is 2.96. The van der Waals surface area contributed by atoms with Crippen molar-refractivity contribution in [1.29, 1.82) is 0 Å². The maximum Gasteiger partial charge on any atom is 0.0991 e. The van der Waals surface area contributed by atoms with Gasteiger partial charge in [0.15, 0.2) is 0 Å². The van der Waals surface area contributed by atoms with Crippen molar-refractivity contribution in [3.63, 3.8) is 0 Å². The van der Waals surface area contributed by atoms with Crippen molar-refractivity contribution >= 4 is 34.5 Å². The first-order chi connectivity index (χ1) is 9.61. The lowest BCUT2D eigenvalue weighted by Crippen LogP contribution is -2.22. The van der Waals surface area contributed by atoms with Gasteiger partial charge in [-0.25, -0.2) is 0 Å². The summed E-state index contributed by atoms with van der Waals surface area (Å²) in [6, 6.07) is 4.27. The van der Waals surface area contributed by atoms with Gasteiger partial charge in [0.1, 0.15) is 0 Å². The van der Waals surface area contributed by atoms with Crippen LogP contribution in [0.4, 0.5) is 0 Å². The van der Waals surface area contributed by atoms with Gasteiger partial charge < -0.3 is 5.32 Å². The quantitative estimate of drug-likeness (QED) is 0.811. The molecule has 1 atom stereocenters. The van der Waals surface area contributed by atoms with E-state index in [0.717, 1.165) is 40.0 Å². The van der Waals surface area contributed by atoms with Crippen molar-refractivity contribution in [2.24, 2.45) is 7.05 Å². The van der Waals surface area contributed by atoms with E-state index in [4.69, 9.17) is 23.2 Å². The predicted octanol–water partition coefficient (Wildman–Crippen LogP) is 4.46. The highest BCUT2D eigenvalue weighted by Gasteiger charge is 2.17. The molecular weight excluding hydrogens is 313 g/mol. The highest BCUT2D eigenvalue weighted by atomic mass is 35.5. The fourth-order valence-corrected chi connectivity index (χ4v) is 3.79. The SMILES string of the molecule is CCCNC(CCc1ccnn1C)c1cc(Cl)sc1Cl. The number of rotatable bonds is 7. The Balaban J connectivity index is 2.07. The third-order valence-corrected chi connectivity index (χ3v) is 4.83. The van der Waals surface area contributed by atoms with Gasteiger partial charge in [-0.15, -0.1) is 11.3 Å². The summed E-state index contributed by atoms with van der Waals surface area (Å²) in [5, 5.41) is 7.76. The zero-order valence-corrected chi connectivity index (χ0v) is 14.0. The number of aromatic nitrogens is 2. The zero-order chi connectivity index (χ0) is 14.5. The largest absolute Gasteiger partial charge is 0.310 e. The highest BCUT2D eigenvalue weighted by Crippen LogP contribution is 2.36. The number of thiophene rings is 1. The monoisotopic (exact) mass is 331 g/mol. The van der Waals surface area contributed by atoms with E-state index in [9.17, 15) is 0 Å². The van der Waals surface area contributed by atoms with E-state index in [2.05, 4.69) is 23.4 Å². The maximum atomic E-state index is 6.29. The molecule has 2 aromatic heterocycles. The van der Waals surface area contributed by atoms with Gasteiger partial charge in [0, 0.05) is 30.5 Å². The van der Waals surface area contributed by atoms with Crippen LogP contribution in [0.15, 0.2) is 18.3 Å². The van der Waals surface area contributed by atoms with Gasteiger partial charge >= 0.3 is 0 Å². The van der Waals surface area contributed by atoms with E-state index in [1.807, 2.05) is 24.0 Å². The van der Waals surface area contributed by atoms with Crippen molar-refractivity contribution in [1.82, 2.24) is 15.1 Å². The second kappa shape index (κ2) is 7.46. The Labute approximate surface area is 133 Å². The van der Waals surface area contributed by atoms with Crippen LogP contribution >= 0.6 is 34.5 Å². The third kappa shape index (κ3) is 3.98. The fourth-order valence-electron chi connectivity index (χ4n) is 2.22.